The predicted octanol–water partition coefficient (Wildman–Crippen LogP) is 2.47. The number of carbonyl (C=O) groups is 2. The van der Waals surface area contributed by atoms with E-state index in [-0.39, 0.29) is 0 Å². The van der Waals surface area contributed by atoms with Gasteiger partial charge in [-0.3, -0.25) is 4.79 Å². The third-order valence-corrected chi connectivity index (χ3v) is 3.95. The number of carboxylic acids is 1. The highest BCUT2D eigenvalue weighted by molar-refractivity contribution is 6.02. The summed E-state index contributed by atoms with van der Waals surface area (Å²) in [5, 5.41) is 20.2. The Labute approximate surface area is 176 Å². The van der Waals surface area contributed by atoms with Crippen LogP contribution in [0.5, 0.6) is 0 Å². The Morgan fingerprint density at radius 3 is 2.16 bits per heavy atom. The van der Waals surface area contributed by atoms with Crippen molar-refractivity contribution in [2.45, 2.75) is 24.9 Å². The molecule has 14 heteroatoms. The zero-order valence-electron chi connectivity index (χ0n) is 16.3. The minimum Gasteiger partial charge on any atom is -0.476 e. The lowest BCUT2D eigenvalue weighted by molar-refractivity contribution is -0.249. The fourth-order valence-corrected chi connectivity index (χ4v) is 2.26. The molecule has 32 heavy (non-hydrogen) atoms. The van der Waals surface area contributed by atoms with Crippen molar-refractivity contribution in [3.63, 3.8) is 0 Å². The summed E-state index contributed by atoms with van der Waals surface area (Å²) in [5.41, 5.74) is 0.336. The van der Waals surface area contributed by atoms with Crippen LogP contribution >= 0.6 is 0 Å². The number of nitrogens with one attached hydrogen (secondary N) is 1. The van der Waals surface area contributed by atoms with E-state index in [2.05, 4.69) is 11.6 Å². The fourth-order valence-electron chi connectivity index (χ4n) is 2.26. The van der Waals surface area contributed by atoms with Gasteiger partial charge in [0.2, 0.25) is 0 Å². The van der Waals surface area contributed by atoms with Crippen LogP contribution in [0.15, 0.2) is 30.9 Å². The molecule has 0 radical (unpaired) electrons. The van der Waals surface area contributed by atoms with Crippen LogP contribution in [0.3, 0.4) is 0 Å². The molecule has 0 bridgehead atoms. The zero-order chi connectivity index (χ0) is 25.1. The number of nitrogens with two attached hydrogens (primary N) is 2. The highest BCUT2D eigenvalue weighted by Gasteiger charge is 2.50. The van der Waals surface area contributed by atoms with E-state index >= 15 is 0 Å². The number of hydrogen-bond acceptors (Lipinski definition) is 6. The van der Waals surface area contributed by atoms with Gasteiger partial charge in [0, 0.05) is 11.3 Å². The number of halogens is 6. The van der Waals surface area contributed by atoms with Gasteiger partial charge in [-0.2, -0.15) is 26.3 Å². The monoisotopic (exact) mass is 468 g/mol. The zero-order valence-corrected chi connectivity index (χ0v) is 16.3. The molecule has 0 aliphatic rings. The van der Waals surface area contributed by atoms with Gasteiger partial charge < -0.3 is 27.0 Å². The van der Waals surface area contributed by atoms with Gasteiger partial charge in [-0.25, -0.2) is 9.78 Å². The normalized spacial score (nSPS) is 14.8. The minimum atomic E-state index is -5.33. The number of carbonyl (C=O) groups excluding carboxylic acids is 1. The molecule has 0 aromatic carbocycles. The molecule has 0 saturated carbocycles. The maximum Gasteiger partial charge on any atom is 0.419 e. The lowest BCUT2D eigenvalue weighted by Crippen LogP contribution is -2.51. The Morgan fingerprint density at radius 2 is 1.72 bits per heavy atom. The third-order valence-electron chi connectivity index (χ3n) is 3.95. The molecular formula is C18H18F6N4O4. The lowest BCUT2D eigenvalue weighted by Gasteiger charge is -2.26. The molecule has 0 saturated heterocycles. The van der Waals surface area contributed by atoms with E-state index < -0.39 is 70.3 Å². The minimum absolute atomic E-state index is 0.331. The van der Waals surface area contributed by atoms with Crippen molar-refractivity contribution in [1.82, 2.24) is 10.3 Å². The molecule has 7 N–H and O–H groups in total. The summed E-state index contributed by atoms with van der Waals surface area (Å²) < 4.78 is 79.2. The van der Waals surface area contributed by atoms with Crippen LogP contribution in [0.2, 0.25) is 0 Å². The van der Waals surface area contributed by atoms with Crippen LogP contribution in [-0.2, 0) is 6.18 Å². The molecule has 1 aromatic heterocycles. The molecule has 0 spiro atoms. The van der Waals surface area contributed by atoms with Crippen molar-refractivity contribution in [3.8, 4) is 0 Å². The van der Waals surface area contributed by atoms with Gasteiger partial charge in [-0.1, -0.05) is 24.8 Å². The summed E-state index contributed by atoms with van der Waals surface area (Å²) in [7, 11) is 0. The molecule has 1 amide bonds. The van der Waals surface area contributed by atoms with Crippen molar-refractivity contribution >= 4 is 23.3 Å². The van der Waals surface area contributed by atoms with E-state index in [1.807, 2.05) is 0 Å². The van der Waals surface area contributed by atoms with Gasteiger partial charge in [0.15, 0.2) is 17.0 Å². The second-order valence-electron chi connectivity index (χ2n) is 6.47. The van der Waals surface area contributed by atoms with Gasteiger partial charge >= 0.3 is 18.3 Å². The van der Waals surface area contributed by atoms with Crippen LogP contribution in [0.25, 0.3) is 5.70 Å². The number of aromatic carboxylic acids is 1. The molecule has 0 aliphatic carbocycles. The second-order valence-corrected chi connectivity index (χ2v) is 6.47. The number of pyridine rings is 1. The number of nitrogens with zero attached hydrogens (tertiary/aromatic N) is 1. The van der Waals surface area contributed by atoms with Crippen molar-refractivity contribution in [3.05, 3.63) is 53.4 Å². The number of aromatic nitrogens is 1. The summed E-state index contributed by atoms with van der Waals surface area (Å²) in [6.07, 6.45) is -5.93. The van der Waals surface area contributed by atoms with Crippen molar-refractivity contribution in [1.29, 1.82) is 0 Å². The van der Waals surface area contributed by atoms with Crippen LogP contribution in [0.1, 0.15) is 39.0 Å². The molecule has 1 rings (SSSR count). The Bertz CT molecular complexity index is 981. The third kappa shape index (κ3) is 5.78. The quantitative estimate of drug-likeness (QED) is 0.305. The summed E-state index contributed by atoms with van der Waals surface area (Å²) in [4.78, 5) is 26.8. The number of rotatable bonds is 7. The summed E-state index contributed by atoms with van der Waals surface area (Å²) >= 11 is 0. The van der Waals surface area contributed by atoms with Crippen molar-refractivity contribution in [2.75, 3.05) is 12.3 Å². The highest BCUT2D eigenvalue weighted by atomic mass is 19.4. The van der Waals surface area contributed by atoms with Crippen molar-refractivity contribution < 1.29 is 46.1 Å². The molecule has 176 valence electrons. The number of nitrogen functional groups attached to an aromatic ring is 1. The van der Waals surface area contributed by atoms with Crippen LogP contribution in [0, 0.1) is 0 Å². The molecule has 1 atom stereocenters. The number of aliphatic hydroxyl groups is 1. The Balaban J connectivity index is 3.74. The number of alkyl halides is 6. The Hall–Kier alpha value is -3.55. The molecule has 1 heterocycles. The number of carboxylic acid groups (broad SMARTS) is 1. The first kappa shape index (κ1) is 26.5. The topological polar surface area (TPSA) is 152 Å². The molecular weight excluding hydrogens is 450 g/mol. The SMILES string of the molecule is C=C/C=C\C=C(/N)c1c(N)c(C(=O)NCC(C)(O)C(F)(F)F)nc(C(=O)O)c1C(F)(F)F. The summed E-state index contributed by atoms with van der Waals surface area (Å²) in [5.74, 6) is -3.77. The van der Waals surface area contributed by atoms with Crippen LogP contribution < -0.4 is 16.8 Å². The van der Waals surface area contributed by atoms with E-state index in [4.69, 9.17) is 11.5 Å². The molecule has 0 fully saturated rings. The summed E-state index contributed by atoms with van der Waals surface area (Å²) in [6, 6.07) is 0. The predicted molar refractivity (Wildman–Crippen MR) is 101 cm³/mol. The number of anilines is 1. The second kappa shape index (κ2) is 9.30. The number of hydrogen-bond donors (Lipinski definition) is 5. The lowest BCUT2D eigenvalue weighted by atomic mass is 9.98. The Morgan fingerprint density at radius 1 is 1.16 bits per heavy atom. The fraction of sp³-hybridized carbons (Fsp3) is 0.278. The maximum atomic E-state index is 13.6. The van der Waals surface area contributed by atoms with E-state index in [0.29, 0.717) is 6.92 Å². The average molecular weight is 468 g/mol. The molecule has 1 unspecified atom stereocenters. The van der Waals surface area contributed by atoms with Gasteiger partial charge in [-0.15, -0.1) is 0 Å². The van der Waals surface area contributed by atoms with Crippen LogP contribution in [0.4, 0.5) is 32.0 Å². The molecule has 1 aromatic rings. The van der Waals surface area contributed by atoms with Crippen molar-refractivity contribution in [2.24, 2.45) is 5.73 Å². The van der Waals surface area contributed by atoms with E-state index in [1.165, 1.54) is 12.2 Å². The largest absolute Gasteiger partial charge is 0.476 e. The van der Waals surface area contributed by atoms with Crippen LogP contribution in [-0.4, -0.2) is 45.4 Å². The number of allylic oxidation sites excluding steroid dienone is 4. The highest BCUT2D eigenvalue weighted by Crippen LogP contribution is 2.40. The first-order valence-corrected chi connectivity index (χ1v) is 8.42. The van der Waals surface area contributed by atoms with Gasteiger partial charge in [-0.05, 0) is 13.0 Å². The summed E-state index contributed by atoms with van der Waals surface area (Å²) in [6.45, 7) is 2.24. The molecule has 0 aliphatic heterocycles. The smallest absolute Gasteiger partial charge is 0.419 e. The van der Waals surface area contributed by atoms with E-state index in [9.17, 15) is 46.1 Å². The van der Waals surface area contributed by atoms with Gasteiger partial charge in [0.25, 0.3) is 5.91 Å². The first-order chi connectivity index (χ1) is 14.5. The number of amides is 1. The average Bonchev–Trinajstić information content (AvgIpc) is 2.63. The molecule has 8 nitrogen and oxygen atoms in total. The maximum absolute atomic E-state index is 13.6. The standard InChI is InChI=1S/C18H18F6N4O4/c1-3-4-5-6-8(25)9-10(17(19,20)21)12(15(30)31)28-13(11(9)26)14(29)27-7-16(2,32)18(22,23)24/h3-6,32H,1,7,25-26H2,2H3,(H,27,29)(H,30,31)/b5-4-,8-6-. The van der Waals surface area contributed by atoms with E-state index in [0.717, 1.165) is 12.2 Å². The first-order valence-electron chi connectivity index (χ1n) is 8.42. The van der Waals surface area contributed by atoms with E-state index in [1.54, 1.807) is 5.32 Å². The Kier molecular flexibility index (Phi) is 7.69. The van der Waals surface area contributed by atoms with Gasteiger partial charge in [0.05, 0.1) is 12.2 Å². The van der Waals surface area contributed by atoms with Gasteiger partial charge in [0.1, 0.15) is 5.56 Å².